The Morgan fingerprint density at radius 1 is 0.606 bits per heavy atom. The van der Waals surface area contributed by atoms with Gasteiger partial charge in [0.25, 0.3) is 0 Å². The maximum absolute atomic E-state index is 4.52. The van der Waals surface area contributed by atoms with E-state index in [1.54, 1.807) is 6.20 Å². The second kappa shape index (κ2) is 10.6. The van der Waals surface area contributed by atoms with Crippen molar-refractivity contribution in [1.82, 2.24) is 15.0 Å². The van der Waals surface area contributed by atoms with Crippen LogP contribution in [0.1, 0.15) is 0 Å². The molecule has 0 saturated carbocycles. The molecule has 0 N–H and O–H groups in total. The fraction of sp³-hybridized carbons (Fsp3) is 0. The molecule has 0 atom stereocenters. The van der Waals surface area contributed by atoms with Crippen molar-refractivity contribution in [3.8, 4) is 22.5 Å². The van der Waals surface area contributed by atoms with Gasteiger partial charge in [0.1, 0.15) is 0 Å². The molecule has 0 fully saturated rings. The van der Waals surface area contributed by atoms with Crippen LogP contribution >= 0.6 is 15.9 Å². The van der Waals surface area contributed by atoms with Crippen LogP contribution < -0.4 is 4.98 Å². The molecule has 0 aliphatic rings. The van der Waals surface area contributed by atoms with E-state index in [-0.39, 0.29) is 16.5 Å². The normalized spacial score (nSPS) is 10.3. The van der Waals surface area contributed by atoms with Gasteiger partial charge in [0.15, 0.2) is 0 Å². The van der Waals surface area contributed by atoms with Gasteiger partial charge in [0.2, 0.25) is 0 Å². The van der Waals surface area contributed by atoms with Crippen LogP contribution in [0.3, 0.4) is 0 Å². The predicted molar refractivity (Wildman–Crippen MR) is 134 cm³/mol. The van der Waals surface area contributed by atoms with E-state index in [1.165, 1.54) is 10.8 Å². The Kier molecular flexibility index (Phi) is 7.34. The number of nitrogens with zero attached hydrogens (tertiary/aromatic N) is 3. The smallest absolute Gasteiger partial charge is 0.657 e. The minimum atomic E-state index is 0. The summed E-state index contributed by atoms with van der Waals surface area (Å²) in [5, 5.41) is 2.50. The number of pyridine rings is 2. The minimum absolute atomic E-state index is 0. The van der Waals surface area contributed by atoms with Crippen molar-refractivity contribution in [2.75, 3.05) is 0 Å². The van der Waals surface area contributed by atoms with Gasteiger partial charge in [-0.1, -0.05) is 83.9 Å². The van der Waals surface area contributed by atoms with E-state index >= 15 is 0 Å². The summed E-state index contributed by atoms with van der Waals surface area (Å²) in [6.45, 7) is 0. The second-order valence-electron chi connectivity index (χ2n) is 7.18. The van der Waals surface area contributed by atoms with E-state index in [4.69, 9.17) is 0 Å². The van der Waals surface area contributed by atoms with Gasteiger partial charge in [-0.05, 0) is 38.8 Å². The van der Waals surface area contributed by atoms with Gasteiger partial charge in [-0.2, -0.15) is 0 Å². The van der Waals surface area contributed by atoms with Crippen LogP contribution in [0.4, 0.5) is 0 Å². The van der Waals surface area contributed by atoms with Crippen molar-refractivity contribution in [3.63, 3.8) is 0 Å². The van der Waals surface area contributed by atoms with Gasteiger partial charge in [-0.15, -0.1) is 35.3 Å². The summed E-state index contributed by atoms with van der Waals surface area (Å²) in [6.07, 6.45) is 1.78. The van der Waals surface area contributed by atoms with Gasteiger partial charge < -0.3 is 4.98 Å². The number of para-hydroxylation sites is 2. The average Bonchev–Trinajstić information content (AvgIpc) is 3.24. The Morgan fingerprint density at radius 2 is 1.18 bits per heavy atom. The first-order valence-electron chi connectivity index (χ1n) is 10.2. The van der Waals surface area contributed by atoms with Crippen LogP contribution in [-0.2, 0) is 16.5 Å². The van der Waals surface area contributed by atoms with E-state index in [1.807, 2.05) is 66.7 Å². The van der Waals surface area contributed by atoms with Gasteiger partial charge in [0.05, 0.1) is 4.60 Å². The summed E-state index contributed by atoms with van der Waals surface area (Å²) < 4.78 is 0.821. The van der Waals surface area contributed by atoms with Crippen LogP contribution in [0.25, 0.3) is 44.3 Å². The van der Waals surface area contributed by atoms with Crippen LogP contribution in [0.2, 0.25) is 0 Å². The number of fused-ring (bicyclic) bond motifs is 3. The number of hydrogen-bond donors (Lipinski definition) is 0. The molecule has 0 spiro atoms. The largest absolute Gasteiger partial charge is 2.00 e. The molecule has 0 aliphatic carbocycles. The first-order valence-corrected chi connectivity index (χ1v) is 11.0. The maximum Gasteiger partial charge on any atom is 2.00 e. The van der Waals surface area contributed by atoms with Crippen LogP contribution in [0.5, 0.6) is 0 Å². The summed E-state index contributed by atoms with van der Waals surface area (Å²) in [4.78, 5) is 13.3. The molecule has 162 valence electrons. The number of halogens is 1. The van der Waals surface area contributed by atoms with Gasteiger partial charge in [0, 0.05) is 17.6 Å². The average molecular weight is 535 g/mol. The topological polar surface area (TPSA) is 39.9 Å². The number of rotatable bonds is 2. The Balaban J connectivity index is 0.000000162. The Morgan fingerprint density at radius 3 is 1.82 bits per heavy atom. The zero-order valence-electron chi connectivity index (χ0n) is 17.4. The van der Waals surface area contributed by atoms with Crippen LogP contribution in [0, 0.1) is 6.07 Å². The first kappa shape index (κ1) is 22.9. The van der Waals surface area contributed by atoms with Crippen molar-refractivity contribution < 1.29 is 16.5 Å². The van der Waals surface area contributed by atoms with E-state index in [2.05, 4.69) is 73.3 Å². The number of aromatic nitrogens is 3. The number of hydrogen-bond acceptors (Lipinski definition) is 2. The molecule has 6 aromatic rings. The van der Waals surface area contributed by atoms with Gasteiger partial charge in [-0.3, -0.25) is 9.97 Å². The molecule has 0 unspecified atom stereocenters. The molecule has 6 rings (SSSR count). The molecule has 0 radical (unpaired) electrons. The minimum Gasteiger partial charge on any atom is -0.657 e. The Labute approximate surface area is 211 Å². The molecule has 5 heteroatoms. The molecule has 3 heterocycles. The molecular formula is C28H18BrN3Ni. The molecule has 3 aromatic heterocycles. The summed E-state index contributed by atoms with van der Waals surface area (Å²) in [6, 6.07) is 37.5. The molecule has 0 amide bonds. The quantitative estimate of drug-likeness (QED) is 0.133. The molecule has 0 aliphatic heterocycles. The molecular weight excluding hydrogens is 517 g/mol. The zero-order chi connectivity index (χ0) is 21.8. The van der Waals surface area contributed by atoms with Crippen molar-refractivity contribution in [2.45, 2.75) is 0 Å². The summed E-state index contributed by atoms with van der Waals surface area (Å²) in [5.41, 5.74) is 5.92. The monoisotopic (exact) mass is 533 g/mol. The third-order valence-electron chi connectivity index (χ3n) is 5.07. The van der Waals surface area contributed by atoms with Crippen molar-refractivity contribution in [3.05, 3.63) is 120 Å². The van der Waals surface area contributed by atoms with E-state index in [0.717, 1.165) is 38.2 Å². The third-order valence-corrected chi connectivity index (χ3v) is 5.51. The Bertz CT molecular complexity index is 1450. The van der Waals surface area contributed by atoms with E-state index in [9.17, 15) is 0 Å². The van der Waals surface area contributed by atoms with E-state index < -0.39 is 0 Å². The van der Waals surface area contributed by atoms with Crippen molar-refractivity contribution in [1.29, 1.82) is 0 Å². The molecule has 0 saturated heterocycles. The molecule has 0 bridgehead atoms. The third kappa shape index (κ3) is 5.22. The van der Waals surface area contributed by atoms with Crippen molar-refractivity contribution in [2.24, 2.45) is 0 Å². The molecule has 33 heavy (non-hydrogen) atoms. The number of benzene rings is 3. The van der Waals surface area contributed by atoms with Gasteiger partial charge >= 0.3 is 16.5 Å². The molecule has 3 nitrogen and oxygen atoms in total. The maximum atomic E-state index is 4.52. The zero-order valence-corrected chi connectivity index (χ0v) is 20.0. The summed E-state index contributed by atoms with van der Waals surface area (Å²) in [5.74, 6) is 0. The second-order valence-corrected chi connectivity index (χ2v) is 8.00. The van der Waals surface area contributed by atoms with Crippen LogP contribution in [-0.4, -0.2) is 9.97 Å². The molecule has 3 aromatic carbocycles. The predicted octanol–water partition coefficient (Wildman–Crippen LogP) is 7.32. The van der Waals surface area contributed by atoms with E-state index in [0.29, 0.717) is 0 Å². The summed E-state index contributed by atoms with van der Waals surface area (Å²) in [7, 11) is 0. The van der Waals surface area contributed by atoms with Gasteiger partial charge in [-0.25, -0.2) is 0 Å². The fourth-order valence-corrected chi connectivity index (χ4v) is 3.92. The van der Waals surface area contributed by atoms with Crippen LogP contribution in [0.15, 0.2) is 114 Å². The SMILES string of the molecule is Brc1cccc(-c2[c-]c(-c3ccccn3)ccc2)n1.[Ni+2].c1ccc2c(c1)[n-]c1ccccc12. The standard InChI is InChI=1S/C16H10BrN2.C12H8N.Ni/c17-16-9-4-8-15(19-16)13-6-3-5-12(11-13)14-7-1-2-10-18-14;1-3-7-11-9(5-1)10-6-2-4-8-12(10)13-11;/h1-10H;1-8H;/q2*-1;+2. The summed E-state index contributed by atoms with van der Waals surface area (Å²) >= 11 is 3.39. The Hall–Kier alpha value is -3.27. The first-order chi connectivity index (χ1) is 15.8. The van der Waals surface area contributed by atoms with Crippen molar-refractivity contribution >= 4 is 37.7 Å². The fourth-order valence-electron chi connectivity index (χ4n) is 3.58.